The molecule has 208 valence electrons. The number of amides is 1. The third-order valence-electron chi connectivity index (χ3n) is 8.18. The molecule has 1 spiro atoms. The molecule has 1 amide bonds. The molecule has 0 saturated carbocycles. The van der Waals surface area contributed by atoms with Crippen molar-refractivity contribution < 1.29 is 29.1 Å². The van der Waals surface area contributed by atoms with Gasteiger partial charge in [-0.25, -0.2) is 9.78 Å². The van der Waals surface area contributed by atoms with Gasteiger partial charge in [-0.2, -0.15) is 0 Å². The van der Waals surface area contributed by atoms with E-state index in [1.807, 2.05) is 13.8 Å². The number of anilines is 1. The van der Waals surface area contributed by atoms with Gasteiger partial charge < -0.3 is 14.7 Å². The Morgan fingerprint density at radius 1 is 1.10 bits per heavy atom. The molecular formula is C29H30N4O7. The number of para-hydroxylation sites is 2. The third-order valence-corrected chi connectivity index (χ3v) is 8.18. The fourth-order valence-electron chi connectivity index (χ4n) is 6.26. The highest BCUT2D eigenvalue weighted by Crippen LogP contribution is 2.58. The molecule has 0 bridgehead atoms. The summed E-state index contributed by atoms with van der Waals surface area (Å²) >= 11 is 0. The monoisotopic (exact) mass is 546 g/mol. The Morgan fingerprint density at radius 2 is 1.77 bits per heavy atom. The molecule has 11 nitrogen and oxygen atoms in total. The molecule has 2 fully saturated rings. The molecule has 4 atom stereocenters. The first kappa shape index (κ1) is 26.1. The number of hydrogen-bond donors (Lipinski definition) is 1. The van der Waals surface area contributed by atoms with Crippen LogP contribution in [0.4, 0.5) is 5.69 Å². The third kappa shape index (κ3) is 3.40. The van der Waals surface area contributed by atoms with E-state index in [0.717, 1.165) is 5.06 Å². The number of hydroxylamine groups is 2. The first-order chi connectivity index (χ1) is 18.9. The number of rotatable bonds is 4. The highest BCUT2D eigenvalue weighted by molar-refractivity contribution is 6.05. The van der Waals surface area contributed by atoms with E-state index in [0.29, 0.717) is 22.2 Å². The summed E-state index contributed by atoms with van der Waals surface area (Å²) in [5, 5.41) is 12.5. The van der Waals surface area contributed by atoms with Crippen molar-refractivity contribution in [1.29, 1.82) is 0 Å². The van der Waals surface area contributed by atoms with Crippen LogP contribution in [0.5, 0.6) is 0 Å². The quantitative estimate of drug-likeness (QED) is 0.490. The Labute approximate surface area is 229 Å². The van der Waals surface area contributed by atoms with Gasteiger partial charge in [0.15, 0.2) is 23.7 Å². The topological polar surface area (TPSA) is 131 Å². The van der Waals surface area contributed by atoms with Crippen molar-refractivity contribution in [2.24, 2.45) is 5.92 Å². The maximum atomic E-state index is 14.0. The van der Waals surface area contributed by atoms with Crippen LogP contribution in [0.3, 0.4) is 0 Å². The van der Waals surface area contributed by atoms with Crippen LogP contribution in [0.15, 0.2) is 53.3 Å². The second kappa shape index (κ2) is 8.70. The maximum Gasteiger partial charge on any atom is 0.330 e. The van der Waals surface area contributed by atoms with Gasteiger partial charge in [-0.3, -0.25) is 23.9 Å². The Bertz CT molecular complexity index is 1650. The number of benzene rings is 2. The molecule has 4 heterocycles. The molecule has 11 heteroatoms. The van der Waals surface area contributed by atoms with Crippen molar-refractivity contribution in [1.82, 2.24) is 14.6 Å². The highest BCUT2D eigenvalue weighted by Gasteiger charge is 2.70. The van der Waals surface area contributed by atoms with Gasteiger partial charge in [0.25, 0.3) is 11.5 Å². The minimum Gasteiger partial charge on any atom is -0.454 e. The molecule has 0 unspecified atom stereocenters. The summed E-state index contributed by atoms with van der Waals surface area (Å²) in [4.78, 5) is 59.6. The zero-order chi connectivity index (χ0) is 28.7. The number of aromatic nitrogens is 2. The van der Waals surface area contributed by atoms with Crippen LogP contribution in [0, 0.1) is 5.92 Å². The predicted molar refractivity (Wildman–Crippen MR) is 142 cm³/mol. The first-order valence-corrected chi connectivity index (χ1v) is 13.2. The fourth-order valence-corrected chi connectivity index (χ4v) is 6.26. The number of carbonyl (C=O) groups is 3. The van der Waals surface area contributed by atoms with Gasteiger partial charge in [-0.05, 0) is 38.0 Å². The largest absolute Gasteiger partial charge is 0.454 e. The summed E-state index contributed by atoms with van der Waals surface area (Å²) in [6, 6.07) is 12.6. The van der Waals surface area contributed by atoms with Crippen LogP contribution < -0.4 is 10.5 Å². The van der Waals surface area contributed by atoms with E-state index in [2.05, 4.69) is 0 Å². The van der Waals surface area contributed by atoms with Crippen LogP contribution in [0.2, 0.25) is 0 Å². The minimum atomic E-state index is -1.46. The number of fused-ring (bicyclic) bond motifs is 6. The smallest absolute Gasteiger partial charge is 0.330 e. The Balaban J connectivity index is 1.57. The minimum absolute atomic E-state index is 0.0672. The first-order valence-electron chi connectivity index (χ1n) is 13.2. The van der Waals surface area contributed by atoms with Crippen molar-refractivity contribution in [3.8, 4) is 0 Å². The lowest BCUT2D eigenvalue weighted by Crippen LogP contribution is -2.52. The molecule has 1 aromatic heterocycles. The summed E-state index contributed by atoms with van der Waals surface area (Å²) in [5.74, 6) is -1.77. The van der Waals surface area contributed by atoms with Crippen molar-refractivity contribution in [2.75, 3.05) is 4.90 Å². The molecule has 6 rings (SSSR count). The molecule has 2 saturated heterocycles. The van der Waals surface area contributed by atoms with Gasteiger partial charge in [0.05, 0.1) is 16.6 Å². The van der Waals surface area contributed by atoms with Gasteiger partial charge in [0.2, 0.25) is 0 Å². The fraction of sp³-hybridized carbons (Fsp3) is 0.414. The Kier molecular flexibility index (Phi) is 5.69. The molecule has 0 radical (unpaired) electrons. The SMILES string of the molecule is CC(=O)O[C@H](c1nc2ccccc2c(=O)n1[C@@H]1C[C@@]2(OC1=O)c1ccccc1N1C(=O)C(C)(C)N(O)[C@H]12)C(C)C. The lowest BCUT2D eigenvalue weighted by molar-refractivity contribution is -0.209. The molecule has 3 aliphatic rings. The maximum absolute atomic E-state index is 14.0. The number of carbonyl (C=O) groups excluding carboxylic acids is 3. The van der Waals surface area contributed by atoms with Crippen LogP contribution >= 0.6 is 0 Å². The summed E-state index contributed by atoms with van der Waals surface area (Å²) < 4.78 is 13.0. The van der Waals surface area contributed by atoms with Crippen molar-refractivity contribution >= 4 is 34.4 Å². The second-order valence-electron chi connectivity index (χ2n) is 11.4. The van der Waals surface area contributed by atoms with Gasteiger partial charge in [0.1, 0.15) is 11.6 Å². The standard InChI is InChI=1S/C29H30N4O7/c1-15(2)22(39-16(3)34)23-30-19-12-8-6-10-17(19)24(35)31(23)21-14-29(40-25(21)36)18-11-7-9-13-20(18)32-26(29)33(38)28(4,5)27(32)37/h6-13,15,21-22,26,38H,14H2,1-5H3/t21-,22+,26+,29-/m1/s1. The summed E-state index contributed by atoms with van der Waals surface area (Å²) in [6.07, 6.45) is -2.03. The predicted octanol–water partition coefficient (Wildman–Crippen LogP) is 3.20. The highest BCUT2D eigenvalue weighted by atomic mass is 16.6. The van der Waals surface area contributed by atoms with Crippen molar-refractivity contribution in [3.05, 3.63) is 70.3 Å². The number of nitrogens with zero attached hydrogens (tertiary/aromatic N) is 4. The van der Waals surface area contributed by atoms with Crippen LogP contribution in [0.1, 0.15) is 64.6 Å². The molecule has 2 aromatic carbocycles. The van der Waals surface area contributed by atoms with Crippen LogP contribution in [-0.4, -0.2) is 49.4 Å². The lowest BCUT2D eigenvalue weighted by Gasteiger charge is -2.35. The molecular weight excluding hydrogens is 516 g/mol. The number of ether oxygens (including phenoxy) is 2. The van der Waals surface area contributed by atoms with E-state index < -0.39 is 46.9 Å². The van der Waals surface area contributed by atoms with E-state index >= 15 is 0 Å². The van der Waals surface area contributed by atoms with E-state index in [9.17, 15) is 24.4 Å². The Hall–Kier alpha value is -4.09. The van der Waals surface area contributed by atoms with Gasteiger partial charge in [-0.15, -0.1) is 5.06 Å². The van der Waals surface area contributed by atoms with Crippen LogP contribution in [0.25, 0.3) is 10.9 Å². The average molecular weight is 547 g/mol. The normalized spacial score (nSPS) is 25.9. The van der Waals surface area contributed by atoms with E-state index in [4.69, 9.17) is 14.5 Å². The van der Waals surface area contributed by atoms with E-state index in [-0.39, 0.29) is 24.1 Å². The zero-order valence-corrected chi connectivity index (χ0v) is 22.8. The van der Waals surface area contributed by atoms with Gasteiger partial charge in [-0.1, -0.05) is 44.2 Å². The molecule has 1 N–H and O–H groups in total. The van der Waals surface area contributed by atoms with Crippen molar-refractivity contribution in [2.45, 2.75) is 70.5 Å². The van der Waals surface area contributed by atoms with E-state index in [1.165, 1.54) is 16.4 Å². The Morgan fingerprint density at radius 3 is 2.48 bits per heavy atom. The second-order valence-corrected chi connectivity index (χ2v) is 11.4. The summed E-state index contributed by atoms with van der Waals surface area (Å²) in [6.45, 7) is 8.13. The molecule has 3 aliphatic heterocycles. The van der Waals surface area contributed by atoms with E-state index in [1.54, 1.807) is 62.4 Å². The molecule has 3 aromatic rings. The lowest BCUT2D eigenvalue weighted by atomic mass is 9.87. The summed E-state index contributed by atoms with van der Waals surface area (Å²) in [5.41, 5.74) is -1.74. The zero-order valence-electron chi connectivity index (χ0n) is 22.8. The number of esters is 2. The summed E-state index contributed by atoms with van der Waals surface area (Å²) in [7, 11) is 0. The van der Waals surface area contributed by atoms with Crippen molar-refractivity contribution in [3.63, 3.8) is 0 Å². The molecule has 0 aliphatic carbocycles. The van der Waals surface area contributed by atoms with Gasteiger partial charge >= 0.3 is 11.9 Å². The average Bonchev–Trinajstić information content (AvgIpc) is 3.45. The van der Waals surface area contributed by atoms with Crippen LogP contribution in [-0.2, 0) is 29.5 Å². The molecule has 40 heavy (non-hydrogen) atoms. The van der Waals surface area contributed by atoms with Gasteiger partial charge in [0, 0.05) is 18.9 Å². The number of hydrogen-bond acceptors (Lipinski definition) is 9.